The molecule has 0 aliphatic rings. The Hall–Kier alpha value is -2.63. The fourth-order valence-electron chi connectivity index (χ4n) is 5.66. The van der Waals surface area contributed by atoms with E-state index in [-0.39, 0.29) is 31.1 Å². The van der Waals surface area contributed by atoms with E-state index in [1.165, 1.54) is 57.8 Å². The van der Waals surface area contributed by atoms with Gasteiger partial charge in [-0.05, 0) is 57.8 Å². The van der Waals surface area contributed by atoms with E-state index in [0.29, 0.717) is 19.3 Å². The predicted octanol–water partition coefficient (Wildman–Crippen LogP) is 13.2. The highest BCUT2D eigenvalue weighted by atomic mass is 16.6. The van der Waals surface area contributed by atoms with E-state index in [1.54, 1.807) is 0 Å². The SMILES string of the molecule is CC\C=C/C=C\C=C/CCCCCCCC(=O)OCC(COC(=O)CCCCCCCCCCCC)OC(=O)CCCCCC/C=C\CCCC. The number of carbonyl (C=O) groups is 3. The number of carbonyl (C=O) groups excluding carboxylic acids is 3. The van der Waals surface area contributed by atoms with Gasteiger partial charge in [0.05, 0.1) is 0 Å². The summed E-state index contributed by atoms with van der Waals surface area (Å²) in [4.78, 5) is 37.5. The van der Waals surface area contributed by atoms with Crippen LogP contribution >= 0.6 is 0 Å². The smallest absolute Gasteiger partial charge is 0.306 e. The standard InChI is InChI=1S/C45H78O6/c1-4-7-10-13-16-19-22-23-24-27-29-32-35-38-44(47)50-41-42(51-45(48)39-36-33-30-26-21-18-15-12-9-6-3)40-49-43(46)37-34-31-28-25-20-17-14-11-8-5-2/h7,10,13,15-16,18-19,22,42H,4-6,8-9,11-12,14,17,20-21,23-41H2,1-3H3/b10-7-,16-13-,18-15-,22-19-. The van der Waals surface area contributed by atoms with Crippen molar-refractivity contribution in [2.45, 2.75) is 207 Å². The molecule has 294 valence electrons. The Kier molecular flexibility index (Phi) is 38.1. The Morgan fingerprint density at radius 1 is 0.412 bits per heavy atom. The summed E-state index contributed by atoms with van der Waals surface area (Å²) in [7, 11) is 0. The Bertz CT molecular complexity index is 918. The topological polar surface area (TPSA) is 78.9 Å². The summed E-state index contributed by atoms with van der Waals surface area (Å²) in [6.07, 6.45) is 45.2. The van der Waals surface area contributed by atoms with Crippen molar-refractivity contribution in [2.24, 2.45) is 0 Å². The molecule has 0 N–H and O–H groups in total. The molecule has 0 rings (SSSR count). The molecule has 0 amide bonds. The minimum atomic E-state index is -0.781. The molecular formula is C45H78O6. The van der Waals surface area contributed by atoms with Crippen LogP contribution in [0.2, 0.25) is 0 Å². The molecule has 0 saturated heterocycles. The van der Waals surface area contributed by atoms with Crippen LogP contribution in [0, 0.1) is 0 Å². The number of esters is 3. The minimum Gasteiger partial charge on any atom is -0.462 e. The number of hydrogen-bond donors (Lipinski definition) is 0. The first-order chi connectivity index (χ1) is 25.0. The third kappa shape index (κ3) is 38.4. The highest BCUT2D eigenvalue weighted by molar-refractivity contribution is 5.71. The van der Waals surface area contributed by atoms with Crippen LogP contribution in [0.25, 0.3) is 0 Å². The van der Waals surface area contributed by atoms with Gasteiger partial charge in [-0.15, -0.1) is 0 Å². The van der Waals surface area contributed by atoms with E-state index in [0.717, 1.165) is 103 Å². The lowest BCUT2D eigenvalue weighted by molar-refractivity contribution is -0.167. The van der Waals surface area contributed by atoms with Crippen LogP contribution < -0.4 is 0 Å². The fraction of sp³-hybridized carbons (Fsp3) is 0.756. The zero-order valence-corrected chi connectivity index (χ0v) is 33.4. The monoisotopic (exact) mass is 715 g/mol. The van der Waals surface area contributed by atoms with Crippen molar-refractivity contribution in [2.75, 3.05) is 13.2 Å². The number of hydrogen-bond acceptors (Lipinski definition) is 6. The maximum Gasteiger partial charge on any atom is 0.306 e. The molecule has 0 saturated carbocycles. The van der Waals surface area contributed by atoms with E-state index >= 15 is 0 Å². The maximum absolute atomic E-state index is 12.6. The van der Waals surface area contributed by atoms with E-state index < -0.39 is 6.10 Å². The zero-order chi connectivity index (χ0) is 37.3. The summed E-state index contributed by atoms with van der Waals surface area (Å²) in [6, 6.07) is 0. The van der Waals surface area contributed by atoms with Gasteiger partial charge in [-0.25, -0.2) is 0 Å². The first-order valence-corrected chi connectivity index (χ1v) is 21.2. The van der Waals surface area contributed by atoms with Crippen LogP contribution in [0.5, 0.6) is 0 Å². The lowest BCUT2D eigenvalue weighted by atomic mass is 10.1. The molecule has 0 bridgehead atoms. The molecule has 0 aliphatic carbocycles. The third-order valence-electron chi connectivity index (χ3n) is 8.88. The first-order valence-electron chi connectivity index (χ1n) is 21.2. The summed E-state index contributed by atoms with van der Waals surface area (Å²) < 4.78 is 16.6. The number of rotatable bonds is 37. The molecular weight excluding hydrogens is 636 g/mol. The predicted molar refractivity (Wildman–Crippen MR) is 215 cm³/mol. The lowest BCUT2D eigenvalue weighted by Gasteiger charge is -2.18. The number of allylic oxidation sites excluding steroid dienone is 8. The summed E-state index contributed by atoms with van der Waals surface area (Å²) in [5.41, 5.74) is 0. The van der Waals surface area contributed by atoms with E-state index in [2.05, 4.69) is 69.4 Å². The lowest BCUT2D eigenvalue weighted by Crippen LogP contribution is -2.30. The van der Waals surface area contributed by atoms with Gasteiger partial charge in [-0.1, -0.05) is 172 Å². The second kappa shape index (κ2) is 40.1. The average molecular weight is 715 g/mol. The van der Waals surface area contributed by atoms with Gasteiger partial charge in [-0.3, -0.25) is 14.4 Å². The van der Waals surface area contributed by atoms with Crippen LogP contribution in [0.15, 0.2) is 48.6 Å². The van der Waals surface area contributed by atoms with Crippen molar-refractivity contribution in [1.82, 2.24) is 0 Å². The molecule has 1 atom stereocenters. The largest absolute Gasteiger partial charge is 0.462 e. The molecule has 0 aromatic heterocycles. The number of ether oxygens (including phenoxy) is 3. The summed E-state index contributed by atoms with van der Waals surface area (Å²) in [6.45, 7) is 6.40. The molecule has 6 nitrogen and oxygen atoms in total. The van der Waals surface area contributed by atoms with Crippen molar-refractivity contribution in [3.05, 3.63) is 48.6 Å². The second-order valence-electron chi connectivity index (χ2n) is 13.9. The molecule has 0 aromatic rings. The Balaban J connectivity index is 4.41. The van der Waals surface area contributed by atoms with Crippen LogP contribution in [0.3, 0.4) is 0 Å². The van der Waals surface area contributed by atoms with Crippen molar-refractivity contribution in [1.29, 1.82) is 0 Å². The fourth-order valence-corrected chi connectivity index (χ4v) is 5.66. The minimum absolute atomic E-state index is 0.0837. The van der Waals surface area contributed by atoms with E-state index in [4.69, 9.17) is 14.2 Å². The molecule has 0 aromatic carbocycles. The van der Waals surface area contributed by atoms with Gasteiger partial charge in [0, 0.05) is 19.3 Å². The molecule has 6 heteroatoms. The van der Waals surface area contributed by atoms with Crippen molar-refractivity contribution < 1.29 is 28.6 Å². The second-order valence-corrected chi connectivity index (χ2v) is 13.9. The molecule has 0 aliphatic heterocycles. The summed E-state index contributed by atoms with van der Waals surface area (Å²) in [5.74, 6) is -0.925. The van der Waals surface area contributed by atoms with Gasteiger partial charge >= 0.3 is 17.9 Å². The van der Waals surface area contributed by atoms with Crippen LogP contribution in [-0.4, -0.2) is 37.2 Å². The molecule has 1 unspecified atom stereocenters. The van der Waals surface area contributed by atoms with Crippen LogP contribution in [0.4, 0.5) is 0 Å². The molecule has 0 fully saturated rings. The Labute approximate surface area is 314 Å². The maximum atomic E-state index is 12.6. The molecule has 51 heavy (non-hydrogen) atoms. The van der Waals surface area contributed by atoms with Gasteiger partial charge in [0.2, 0.25) is 0 Å². The van der Waals surface area contributed by atoms with Gasteiger partial charge in [0.25, 0.3) is 0 Å². The molecule has 0 radical (unpaired) electrons. The van der Waals surface area contributed by atoms with Crippen LogP contribution in [0.1, 0.15) is 201 Å². The first kappa shape index (κ1) is 48.4. The molecule has 0 spiro atoms. The quantitative estimate of drug-likeness (QED) is 0.0209. The highest BCUT2D eigenvalue weighted by Gasteiger charge is 2.19. The van der Waals surface area contributed by atoms with Gasteiger partial charge in [-0.2, -0.15) is 0 Å². The van der Waals surface area contributed by atoms with Gasteiger partial charge < -0.3 is 14.2 Å². The van der Waals surface area contributed by atoms with Crippen LogP contribution in [-0.2, 0) is 28.6 Å². The normalized spacial score (nSPS) is 12.5. The number of unbranched alkanes of at least 4 members (excludes halogenated alkanes) is 20. The Morgan fingerprint density at radius 3 is 1.29 bits per heavy atom. The van der Waals surface area contributed by atoms with E-state index in [1.807, 2.05) is 0 Å². The van der Waals surface area contributed by atoms with Crippen molar-refractivity contribution in [3.63, 3.8) is 0 Å². The van der Waals surface area contributed by atoms with Crippen molar-refractivity contribution in [3.8, 4) is 0 Å². The summed E-state index contributed by atoms with van der Waals surface area (Å²) >= 11 is 0. The summed E-state index contributed by atoms with van der Waals surface area (Å²) in [5, 5.41) is 0. The third-order valence-corrected chi connectivity index (χ3v) is 8.88. The zero-order valence-electron chi connectivity index (χ0n) is 33.4. The Morgan fingerprint density at radius 2 is 0.804 bits per heavy atom. The average Bonchev–Trinajstić information content (AvgIpc) is 3.12. The highest BCUT2D eigenvalue weighted by Crippen LogP contribution is 2.13. The van der Waals surface area contributed by atoms with E-state index in [9.17, 15) is 14.4 Å². The van der Waals surface area contributed by atoms with Crippen molar-refractivity contribution >= 4 is 17.9 Å². The molecule has 0 heterocycles. The van der Waals surface area contributed by atoms with Gasteiger partial charge in [0.1, 0.15) is 13.2 Å². The van der Waals surface area contributed by atoms with Gasteiger partial charge in [0.15, 0.2) is 6.10 Å².